The zero-order valence-corrected chi connectivity index (χ0v) is 10.4. The molecule has 1 amide bonds. The van der Waals surface area contributed by atoms with Gasteiger partial charge in [-0.1, -0.05) is 18.2 Å². The van der Waals surface area contributed by atoms with E-state index >= 15 is 0 Å². The molecule has 0 N–H and O–H groups in total. The van der Waals surface area contributed by atoms with Crippen molar-refractivity contribution in [3.8, 4) is 0 Å². The summed E-state index contributed by atoms with van der Waals surface area (Å²) in [6, 6.07) is 6.45. The van der Waals surface area contributed by atoms with Crippen molar-refractivity contribution < 1.29 is 19.2 Å². The van der Waals surface area contributed by atoms with Crippen molar-refractivity contribution in [1.29, 1.82) is 0 Å². The van der Waals surface area contributed by atoms with Gasteiger partial charge in [0.25, 0.3) is 5.91 Å². The van der Waals surface area contributed by atoms with Crippen molar-refractivity contribution in [2.75, 3.05) is 7.11 Å². The first-order valence-corrected chi connectivity index (χ1v) is 6.06. The number of ether oxygens (including phenoxy) is 1. The van der Waals surface area contributed by atoms with Crippen LogP contribution in [0, 0.1) is 0 Å². The van der Waals surface area contributed by atoms with Gasteiger partial charge in [-0.25, -0.2) is 9.86 Å². The molecule has 1 aromatic rings. The lowest BCUT2D eigenvalue weighted by Crippen LogP contribution is -2.34. The molecule has 1 aliphatic heterocycles. The van der Waals surface area contributed by atoms with Crippen LogP contribution in [0.4, 0.5) is 0 Å². The summed E-state index contributed by atoms with van der Waals surface area (Å²) in [6.07, 6.45) is 4.73. The Hall–Kier alpha value is -2.14. The Morgan fingerprint density at radius 2 is 2.11 bits per heavy atom. The number of hydrogen-bond acceptors (Lipinski definition) is 4. The molecular weight excluding hydrogens is 246 g/mol. The highest BCUT2D eigenvalue weighted by Gasteiger charge is 2.38. The molecule has 2 aliphatic rings. The van der Waals surface area contributed by atoms with E-state index in [1.54, 1.807) is 18.2 Å². The first-order chi connectivity index (χ1) is 9.19. The second kappa shape index (κ2) is 4.51. The number of esters is 1. The molecule has 0 aromatic heterocycles. The van der Waals surface area contributed by atoms with Gasteiger partial charge in [-0.05, 0) is 18.2 Å². The highest BCUT2D eigenvalue weighted by atomic mass is 16.7. The van der Waals surface area contributed by atoms with Gasteiger partial charge in [-0.2, -0.15) is 0 Å². The number of rotatable bonds is 2. The topological polar surface area (TPSA) is 55.8 Å². The van der Waals surface area contributed by atoms with E-state index < -0.39 is 5.97 Å². The van der Waals surface area contributed by atoms with Crippen molar-refractivity contribution in [1.82, 2.24) is 5.06 Å². The monoisotopic (exact) mass is 259 g/mol. The number of hydroxylamine groups is 2. The second-order valence-corrected chi connectivity index (χ2v) is 4.54. The third-order valence-corrected chi connectivity index (χ3v) is 3.30. The molecule has 5 heteroatoms. The summed E-state index contributed by atoms with van der Waals surface area (Å²) < 4.78 is 4.64. The smallest absolute Gasteiger partial charge is 0.337 e. The third-order valence-electron chi connectivity index (χ3n) is 3.30. The Kier molecular flexibility index (Phi) is 2.83. The zero-order chi connectivity index (χ0) is 13.4. The first kappa shape index (κ1) is 11.9. The minimum Gasteiger partial charge on any atom is -0.465 e. The van der Waals surface area contributed by atoms with Gasteiger partial charge in [-0.3, -0.25) is 9.63 Å². The number of methoxy groups -OCH3 is 1. The summed E-state index contributed by atoms with van der Waals surface area (Å²) in [7, 11) is 1.31. The average Bonchev–Trinajstić information content (AvgIpc) is 3.08. The molecule has 0 radical (unpaired) electrons. The molecule has 1 aromatic carbocycles. The molecule has 3 rings (SSSR count). The number of fused-ring (bicyclic) bond motifs is 2. The van der Waals surface area contributed by atoms with E-state index in [0.717, 1.165) is 6.42 Å². The van der Waals surface area contributed by atoms with Crippen LogP contribution in [0.2, 0.25) is 0 Å². The Labute approximate surface area is 110 Å². The largest absolute Gasteiger partial charge is 0.465 e. The van der Waals surface area contributed by atoms with E-state index in [1.165, 1.54) is 18.2 Å². The van der Waals surface area contributed by atoms with Crippen LogP contribution in [0.1, 0.15) is 27.1 Å². The first-order valence-electron chi connectivity index (χ1n) is 6.06. The number of hydrogen-bond donors (Lipinski definition) is 0. The fourth-order valence-corrected chi connectivity index (χ4v) is 2.35. The summed E-state index contributed by atoms with van der Waals surface area (Å²) in [4.78, 5) is 29.2. The van der Waals surface area contributed by atoms with E-state index in [4.69, 9.17) is 4.84 Å². The number of nitrogens with zero attached hydrogens (tertiary/aromatic N) is 1. The fraction of sp³-hybridized carbons (Fsp3) is 0.286. The lowest BCUT2D eigenvalue weighted by Gasteiger charge is -2.22. The van der Waals surface area contributed by atoms with Gasteiger partial charge in [0.2, 0.25) is 0 Å². The van der Waals surface area contributed by atoms with E-state index in [-0.39, 0.29) is 18.1 Å². The van der Waals surface area contributed by atoms with Gasteiger partial charge in [0, 0.05) is 12.0 Å². The Balaban J connectivity index is 1.84. The second-order valence-electron chi connectivity index (χ2n) is 4.54. The quantitative estimate of drug-likeness (QED) is 0.597. The van der Waals surface area contributed by atoms with Crippen LogP contribution in [0.3, 0.4) is 0 Å². The molecular formula is C14H13NO4. The average molecular weight is 259 g/mol. The fourth-order valence-electron chi connectivity index (χ4n) is 2.35. The van der Waals surface area contributed by atoms with Crippen molar-refractivity contribution in [3.63, 3.8) is 0 Å². The highest BCUT2D eigenvalue weighted by Crippen LogP contribution is 2.30. The SMILES string of the molecule is COC(=O)c1cccc(C(=O)N2OC3C=CC2C3)c1. The minimum atomic E-state index is -0.460. The van der Waals surface area contributed by atoms with Gasteiger partial charge >= 0.3 is 5.97 Å². The molecule has 98 valence electrons. The van der Waals surface area contributed by atoms with Crippen LogP contribution in [0.15, 0.2) is 36.4 Å². The Bertz CT molecular complexity index is 566. The van der Waals surface area contributed by atoms with Crippen LogP contribution in [-0.2, 0) is 9.57 Å². The van der Waals surface area contributed by atoms with Gasteiger partial charge in [-0.15, -0.1) is 0 Å². The lowest BCUT2D eigenvalue weighted by atomic mass is 10.1. The third kappa shape index (κ3) is 2.02. The molecule has 0 spiro atoms. The van der Waals surface area contributed by atoms with E-state index in [1.807, 2.05) is 12.2 Å². The van der Waals surface area contributed by atoms with Crippen LogP contribution in [-0.4, -0.2) is 36.2 Å². The predicted octanol–water partition coefficient (Wildman–Crippen LogP) is 1.56. The molecule has 0 saturated carbocycles. The van der Waals surface area contributed by atoms with E-state index in [0.29, 0.717) is 11.1 Å². The summed E-state index contributed by atoms with van der Waals surface area (Å²) in [5.41, 5.74) is 0.775. The molecule has 2 atom stereocenters. The molecule has 19 heavy (non-hydrogen) atoms. The van der Waals surface area contributed by atoms with E-state index in [9.17, 15) is 9.59 Å². The highest BCUT2D eigenvalue weighted by molar-refractivity contribution is 5.97. The molecule has 1 aliphatic carbocycles. The van der Waals surface area contributed by atoms with Crippen LogP contribution >= 0.6 is 0 Å². The molecule has 1 saturated heterocycles. The van der Waals surface area contributed by atoms with E-state index in [2.05, 4.69) is 4.74 Å². The summed E-state index contributed by atoms with van der Waals surface area (Å²) >= 11 is 0. The van der Waals surface area contributed by atoms with Crippen LogP contribution in [0.5, 0.6) is 0 Å². The summed E-state index contributed by atoms with van der Waals surface area (Å²) in [5, 5.41) is 1.38. The van der Waals surface area contributed by atoms with Crippen LogP contribution < -0.4 is 0 Å². The summed E-state index contributed by atoms with van der Waals surface area (Å²) in [5.74, 6) is -0.694. The maximum Gasteiger partial charge on any atom is 0.337 e. The molecule has 1 heterocycles. The zero-order valence-electron chi connectivity index (χ0n) is 10.4. The lowest BCUT2D eigenvalue weighted by molar-refractivity contribution is -0.114. The van der Waals surface area contributed by atoms with Crippen molar-refractivity contribution in [3.05, 3.63) is 47.5 Å². The maximum absolute atomic E-state index is 12.3. The number of amides is 1. The molecule has 2 unspecified atom stereocenters. The van der Waals surface area contributed by atoms with Gasteiger partial charge < -0.3 is 4.74 Å². The predicted molar refractivity (Wildman–Crippen MR) is 66.4 cm³/mol. The maximum atomic E-state index is 12.3. The van der Waals surface area contributed by atoms with Crippen LogP contribution in [0.25, 0.3) is 0 Å². The molecule has 5 nitrogen and oxygen atoms in total. The normalized spacial score (nSPS) is 23.7. The number of carbonyl (C=O) groups is 2. The summed E-state index contributed by atoms with van der Waals surface area (Å²) in [6.45, 7) is 0. The van der Waals surface area contributed by atoms with Crippen molar-refractivity contribution >= 4 is 11.9 Å². The van der Waals surface area contributed by atoms with Crippen molar-refractivity contribution in [2.45, 2.75) is 18.6 Å². The molecule has 2 bridgehead atoms. The van der Waals surface area contributed by atoms with Crippen molar-refractivity contribution in [2.24, 2.45) is 0 Å². The Morgan fingerprint density at radius 3 is 2.74 bits per heavy atom. The number of benzene rings is 1. The number of carbonyl (C=O) groups excluding carboxylic acids is 2. The van der Waals surface area contributed by atoms with Gasteiger partial charge in [0.05, 0.1) is 18.7 Å². The van der Waals surface area contributed by atoms with Gasteiger partial charge in [0.1, 0.15) is 6.10 Å². The minimum absolute atomic E-state index is 0.000664. The molecule has 1 fully saturated rings. The standard InChI is InChI=1S/C14H13NO4/c1-18-14(17)10-4-2-3-9(7-10)13(16)15-11-5-6-12(8-11)19-15/h2-7,11-12H,8H2,1H3. The Morgan fingerprint density at radius 1 is 1.32 bits per heavy atom. The van der Waals surface area contributed by atoms with Gasteiger partial charge in [0.15, 0.2) is 0 Å².